The highest BCUT2D eigenvalue weighted by molar-refractivity contribution is 5.60. The van der Waals surface area contributed by atoms with Crippen molar-refractivity contribution in [2.24, 2.45) is 11.8 Å². The maximum absolute atomic E-state index is 2.36. The lowest BCUT2D eigenvalue weighted by molar-refractivity contribution is -0.701. The molecule has 0 N–H and O–H groups in total. The number of pyridine rings is 2. The summed E-state index contributed by atoms with van der Waals surface area (Å²) in [5.41, 5.74) is 2.59. The molecule has 0 radical (unpaired) electrons. The van der Waals surface area contributed by atoms with E-state index >= 15 is 0 Å². The lowest BCUT2D eigenvalue weighted by Crippen LogP contribution is -2.36. The average Bonchev–Trinajstić information content (AvgIpc) is 3.31. The summed E-state index contributed by atoms with van der Waals surface area (Å²) in [6.45, 7) is 2.20. The Morgan fingerprint density at radius 1 is 0.667 bits per heavy atom. The van der Waals surface area contributed by atoms with Gasteiger partial charge in [-0.1, -0.05) is 24.3 Å². The van der Waals surface area contributed by atoms with Crippen LogP contribution in [0.1, 0.15) is 25.7 Å². The van der Waals surface area contributed by atoms with Crippen molar-refractivity contribution >= 4 is 0 Å². The minimum absolute atomic E-state index is 0.709. The Morgan fingerprint density at radius 3 is 1.42 bits per heavy atom. The average molecular weight is 318 g/mol. The third kappa shape index (κ3) is 3.64. The summed E-state index contributed by atoms with van der Waals surface area (Å²) in [5, 5.41) is 0. The Bertz CT molecular complexity index is 660. The van der Waals surface area contributed by atoms with Crippen LogP contribution in [0.2, 0.25) is 0 Å². The molecule has 2 nitrogen and oxygen atoms in total. The van der Waals surface area contributed by atoms with Gasteiger partial charge in [0.2, 0.25) is 0 Å². The van der Waals surface area contributed by atoms with Crippen molar-refractivity contribution < 1.29 is 9.13 Å². The van der Waals surface area contributed by atoms with Crippen LogP contribution >= 0.6 is 0 Å². The van der Waals surface area contributed by atoms with E-state index in [0.29, 0.717) is 11.8 Å². The van der Waals surface area contributed by atoms with Crippen LogP contribution in [0.15, 0.2) is 73.4 Å². The zero-order chi connectivity index (χ0) is 16.2. The van der Waals surface area contributed by atoms with Crippen LogP contribution in [0.5, 0.6) is 0 Å². The van der Waals surface area contributed by atoms with Crippen molar-refractivity contribution in [3.63, 3.8) is 0 Å². The zero-order valence-electron chi connectivity index (χ0n) is 14.2. The van der Waals surface area contributed by atoms with Gasteiger partial charge in [-0.15, -0.1) is 0 Å². The molecule has 0 spiro atoms. The second-order valence-corrected chi connectivity index (χ2v) is 7.10. The number of rotatable bonds is 5. The maximum atomic E-state index is 2.36. The third-order valence-corrected chi connectivity index (χ3v) is 5.23. The van der Waals surface area contributed by atoms with Crippen molar-refractivity contribution in [3.8, 4) is 11.1 Å². The van der Waals surface area contributed by atoms with Gasteiger partial charge in [0, 0.05) is 36.1 Å². The molecule has 2 aromatic heterocycles. The van der Waals surface area contributed by atoms with Crippen LogP contribution in [0.4, 0.5) is 0 Å². The zero-order valence-corrected chi connectivity index (χ0v) is 14.2. The molecule has 2 aliphatic carbocycles. The minimum atomic E-state index is 0.709. The number of aromatic nitrogens is 2. The summed E-state index contributed by atoms with van der Waals surface area (Å²) in [4.78, 5) is 0. The predicted molar refractivity (Wildman–Crippen MR) is 96.0 cm³/mol. The van der Waals surface area contributed by atoms with E-state index in [0.717, 1.165) is 13.1 Å². The molecule has 2 atom stereocenters. The van der Waals surface area contributed by atoms with E-state index in [9.17, 15) is 0 Å². The first-order chi connectivity index (χ1) is 11.9. The van der Waals surface area contributed by atoms with Gasteiger partial charge in [0.15, 0.2) is 37.9 Å². The Kier molecular flexibility index (Phi) is 4.55. The Labute approximate surface area is 144 Å². The largest absolute Gasteiger partial charge is 0.204 e. The first-order valence-corrected chi connectivity index (χ1v) is 9.19. The molecular weight excluding hydrogens is 292 g/mol. The first kappa shape index (κ1) is 15.3. The van der Waals surface area contributed by atoms with Gasteiger partial charge in [-0.3, -0.25) is 0 Å². The van der Waals surface area contributed by atoms with Crippen LogP contribution in [-0.2, 0) is 13.1 Å². The molecule has 0 amide bonds. The van der Waals surface area contributed by atoms with E-state index in [1.54, 1.807) is 0 Å². The van der Waals surface area contributed by atoms with Crippen molar-refractivity contribution in [1.82, 2.24) is 0 Å². The van der Waals surface area contributed by atoms with Crippen molar-refractivity contribution in [3.05, 3.63) is 73.4 Å². The number of allylic oxidation sites excluding steroid dienone is 4. The lowest BCUT2D eigenvalue weighted by atomic mass is 10.1. The maximum Gasteiger partial charge on any atom is 0.169 e. The van der Waals surface area contributed by atoms with Crippen LogP contribution < -0.4 is 9.13 Å². The van der Waals surface area contributed by atoms with Gasteiger partial charge in [0.25, 0.3) is 0 Å². The van der Waals surface area contributed by atoms with Gasteiger partial charge in [-0.25, -0.2) is 9.13 Å². The van der Waals surface area contributed by atoms with Crippen molar-refractivity contribution in [1.29, 1.82) is 0 Å². The molecule has 0 saturated carbocycles. The number of hydrogen-bond donors (Lipinski definition) is 0. The summed E-state index contributed by atoms with van der Waals surface area (Å²) in [5.74, 6) is 1.42. The van der Waals surface area contributed by atoms with E-state index < -0.39 is 0 Å². The molecule has 4 rings (SSSR count). The van der Waals surface area contributed by atoms with Crippen molar-refractivity contribution in [2.75, 3.05) is 0 Å². The molecule has 2 heteroatoms. The lowest BCUT2D eigenvalue weighted by Gasteiger charge is -2.05. The van der Waals surface area contributed by atoms with E-state index in [1.165, 1.54) is 36.8 Å². The van der Waals surface area contributed by atoms with Crippen molar-refractivity contribution in [2.45, 2.75) is 38.8 Å². The van der Waals surface area contributed by atoms with Crippen LogP contribution in [0.25, 0.3) is 11.1 Å². The highest BCUT2D eigenvalue weighted by Gasteiger charge is 2.16. The quantitative estimate of drug-likeness (QED) is 0.584. The normalized spacial score (nSPS) is 22.3. The van der Waals surface area contributed by atoms with E-state index in [2.05, 4.69) is 82.5 Å². The van der Waals surface area contributed by atoms with E-state index in [-0.39, 0.29) is 0 Å². The fourth-order valence-corrected chi connectivity index (χ4v) is 3.78. The molecule has 122 valence electrons. The standard InChI is InChI=1S/C22H26N2/c1-2-6-19(5-1)17-23-13-9-21(10-14-23)22-11-15-24(16-12-22)18-20-7-3-4-8-20/h1,3,5,7,9-16,19-20H,2,4,6,8,17-18H2/q+2/t19-,20+. The second-order valence-electron chi connectivity index (χ2n) is 7.10. The number of nitrogens with zero attached hydrogens (tertiary/aromatic N) is 2. The summed E-state index contributed by atoms with van der Waals surface area (Å²) in [6, 6.07) is 8.94. The molecule has 0 bridgehead atoms. The SMILES string of the molecule is C1=C[C@@H](C[n+]2ccc(-c3cc[n+](C[C@H]4C=CCC4)cc3)cc2)CC1. The highest BCUT2D eigenvalue weighted by atomic mass is 14.9. The third-order valence-electron chi connectivity index (χ3n) is 5.23. The fraction of sp³-hybridized carbons (Fsp3) is 0.364. The van der Waals surface area contributed by atoms with E-state index in [4.69, 9.17) is 0 Å². The summed E-state index contributed by atoms with van der Waals surface area (Å²) < 4.78 is 4.61. The Hall–Kier alpha value is -2.22. The molecule has 0 unspecified atom stereocenters. The van der Waals surface area contributed by atoms with Crippen LogP contribution in [0, 0.1) is 11.8 Å². The van der Waals surface area contributed by atoms with Crippen LogP contribution in [-0.4, -0.2) is 0 Å². The molecule has 0 aliphatic heterocycles. The summed E-state index contributed by atoms with van der Waals surface area (Å²) in [7, 11) is 0. The molecule has 0 saturated heterocycles. The monoisotopic (exact) mass is 318 g/mol. The van der Waals surface area contributed by atoms with Gasteiger partial charge in [0.05, 0.1) is 0 Å². The van der Waals surface area contributed by atoms with E-state index in [1.807, 2.05) is 0 Å². The molecule has 2 aliphatic rings. The topological polar surface area (TPSA) is 7.76 Å². The number of hydrogen-bond acceptors (Lipinski definition) is 0. The molecule has 2 heterocycles. The second kappa shape index (κ2) is 7.12. The van der Waals surface area contributed by atoms with Gasteiger partial charge in [-0.2, -0.15) is 0 Å². The Balaban J connectivity index is 1.41. The molecule has 0 fully saturated rings. The molecule has 0 aromatic carbocycles. The van der Waals surface area contributed by atoms with Gasteiger partial charge in [-0.05, 0) is 36.8 Å². The van der Waals surface area contributed by atoms with Crippen LogP contribution in [0.3, 0.4) is 0 Å². The predicted octanol–water partition coefficient (Wildman–Crippen LogP) is 3.86. The highest BCUT2D eigenvalue weighted by Crippen LogP contribution is 2.19. The molecular formula is C22H26N2+2. The molecule has 2 aromatic rings. The van der Waals surface area contributed by atoms with Gasteiger partial charge < -0.3 is 0 Å². The smallest absolute Gasteiger partial charge is 0.169 e. The molecule has 24 heavy (non-hydrogen) atoms. The minimum Gasteiger partial charge on any atom is -0.204 e. The Morgan fingerprint density at radius 2 is 1.08 bits per heavy atom. The fourth-order valence-electron chi connectivity index (χ4n) is 3.78. The summed E-state index contributed by atoms with van der Waals surface area (Å²) in [6.07, 6.45) is 23.3. The first-order valence-electron chi connectivity index (χ1n) is 9.19. The van der Waals surface area contributed by atoms with Gasteiger partial charge in [0.1, 0.15) is 0 Å². The van der Waals surface area contributed by atoms with Gasteiger partial charge >= 0.3 is 0 Å². The summed E-state index contributed by atoms with van der Waals surface area (Å²) >= 11 is 0.